The predicted octanol–water partition coefficient (Wildman–Crippen LogP) is 9.28. The molecule has 0 amide bonds. The molecule has 0 bridgehead atoms. The first-order chi connectivity index (χ1) is 13.4. The van der Waals surface area contributed by atoms with Gasteiger partial charge in [0.05, 0.1) is 0 Å². The average Bonchev–Trinajstić information content (AvgIpc) is 3.04. The van der Waals surface area contributed by atoms with Crippen LogP contribution in [-0.2, 0) is 0 Å². The van der Waals surface area contributed by atoms with Crippen LogP contribution in [-0.4, -0.2) is 0 Å². The quantitative estimate of drug-likeness (QED) is 0.388. The molecule has 0 aromatic carbocycles. The summed E-state index contributed by atoms with van der Waals surface area (Å²) in [6, 6.07) is 0. The van der Waals surface area contributed by atoms with Crippen molar-refractivity contribution in [1.29, 1.82) is 0 Å². The lowest BCUT2D eigenvalue weighted by Gasteiger charge is -2.55. The van der Waals surface area contributed by atoms with Gasteiger partial charge in [-0.05, 0) is 84.9 Å². The van der Waals surface area contributed by atoms with Crippen molar-refractivity contribution in [3.8, 4) is 0 Å². The molecule has 0 spiro atoms. The van der Waals surface area contributed by atoms with E-state index in [-0.39, 0.29) is 0 Å². The molecule has 0 aliphatic heterocycles. The van der Waals surface area contributed by atoms with Gasteiger partial charge in [0.15, 0.2) is 0 Å². The molecule has 0 aromatic heterocycles. The van der Waals surface area contributed by atoms with E-state index in [1.54, 1.807) is 6.42 Å². The van der Waals surface area contributed by atoms with Gasteiger partial charge in [0.2, 0.25) is 0 Å². The molecule has 164 valence electrons. The van der Waals surface area contributed by atoms with E-state index >= 15 is 0 Å². The third-order valence-electron chi connectivity index (χ3n) is 10.6. The first-order valence-corrected chi connectivity index (χ1v) is 13.4. The number of hydrogen-bond acceptors (Lipinski definition) is 0. The summed E-state index contributed by atoms with van der Waals surface area (Å²) in [6.45, 7) is 15.4. The third kappa shape index (κ3) is 4.37. The fourth-order valence-corrected chi connectivity index (χ4v) is 8.62. The van der Waals surface area contributed by atoms with Crippen LogP contribution in [0.2, 0.25) is 0 Å². The van der Waals surface area contributed by atoms with E-state index < -0.39 is 0 Å². The summed E-state index contributed by atoms with van der Waals surface area (Å²) in [5.74, 6) is 5.93. The van der Waals surface area contributed by atoms with Crippen molar-refractivity contribution in [3.05, 3.63) is 0 Å². The SMILES string of the molecule is CCC(C)CCC[C@@H](C)C1CCC2C(CC)C(C3(C)CCCCC3)CCC21C. The molecule has 3 saturated carbocycles. The van der Waals surface area contributed by atoms with E-state index in [1.165, 1.54) is 83.5 Å². The molecule has 0 saturated heterocycles. The molecule has 3 aliphatic rings. The molecule has 7 atom stereocenters. The van der Waals surface area contributed by atoms with Crippen molar-refractivity contribution in [1.82, 2.24) is 0 Å². The molecule has 0 radical (unpaired) electrons. The van der Waals surface area contributed by atoms with Gasteiger partial charge in [-0.25, -0.2) is 0 Å². The zero-order chi connectivity index (χ0) is 20.4. The standard InChI is InChI=1S/C28H52/c1-7-21(3)13-12-14-22(4)24-15-16-26-23(8-2)25(17-20-28(24,26)6)27(5)18-10-9-11-19-27/h21-26H,7-20H2,1-6H3/t21?,22-,23?,24?,25?,26?,28?/m1/s1. The largest absolute Gasteiger partial charge is 0.0651 e. The monoisotopic (exact) mass is 388 g/mol. The van der Waals surface area contributed by atoms with Crippen LogP contribution in [0.25, 0.3) is 0 Å². The summed E-state index contributed by atoms with van der Waals surface area (Å²) >= 11 is 0. The smallest absolute Gasteiger partial charge is 0.0264 e. The molecule has 28 heavy (non-hydrogen) atoms. The summed E-state index contributed by atoms with van der Waals surface area (Å²) < 4.78 is 0. The fourth-order valence-electron chi connectivity index (χ4n) is 8.62. The van der Waals surface area contributed by atoms with Crippen molar-refractivity contribution >= 4 is 0 Å². The van der Waals surface area contributed by atoms with Crippen LogP contribution in [0.15, 0.2) is 0 Å². The van der Waals surface area contributed by atoms with Crippen LogP contribution in [0.1, 0.15) is 131 Å². The lowest BCUT2D eigenvalue weighted by molar-refractivity contribution is -0.0608. The van der Waals surface area contributed by atoms with Crippen molar-refractivity contribution in [2.45, 2.75) is 131 Å². The van der Waals surface area contributed by atoms with Gasteiger partial charge >= 0.3 is 0 Å². The van der Waals surface area contributed by atoms with E-state index in [0.717, 1.165) is 35.5 Å². The van der Waals surface area contributed by atoms with Crippen molar-refractivity contribution in [3.63, 3.8) is 0 Å². The molecule has 0 heterocycles. The van der Waals surface area contributed by atoms with Gasteiger partial charge in [-0.2, -0.15) is 0 Å². The normalized spacial score (nSPS) is 40.1. The second-order valence-corrected chi connectivity index (χ2v) is 12.1. The predicted molar refractivity (Wildman–Crippen MR) is 124 cm³/mol. The van der Waals surface area contributed by atoms with Crippen LogP contribution >= 0.6 is 0 Å². The maximum Gasteiger partial charge on any atom is -0.0264 e. The number of hydrogen-bond donors (Lipinski definition) is 0. The van der Waals surface area contributed by atoms with Crippen LogP contribution in [0.5, 0.6) is 0 Å². The number of rotatable bonds is 8. The summed E-state index contributed by atoms with van der Waals surface area (Å²) in [4.78, 5) is 0. The molecule has 0 nitrogen and oxygen atoms in total. The Morgan fingerprint density at radius 1 is 0.821 bits per heavy atom. The Bertz CT molecular complexity index is 472. The van der Waals surface area contributed by atoms with E-state index in [4.69, 9.17) is 0 Å². The van der Waals surface area contributed by atoms with Crippen LogP contribution in [0, 0.1) is 46.3 Å². The van der Waals surface area contributed by atoms with Crippen molar-refractivity contribution in [2.24, 2.45) is 46.3 Å². The van der Waals surface area contributed by atoms with Gasteiger partial charge in [0.25, 0.3) is 0 Å². The topological polar surface area (TPSA) is 0 Å². The van der Waals surface area contributed by atoms with Gasteiger partial charge in [-0.15, -0.1) is 0 Å². The van der Waals surface area contributed by atoms with Gasteiger partial charge in [-0.1, -0.05) is 92.9 Å². The van der Waals surface area contributed by atoms with Gasteiger partial charge in [0, 0.05) is 0 Å². The van der Waals surface area contributed by atoms with Crippen LogP contribution < -0.4 is 0 Å². The lowest BCUT2D eigenvalue weighted by atomic mass is 9.50. The second-order valence-electron chi connectivity index (χ2n) is 12.1. The Kier molecular flexibility index (Phi) is 7.64. The lowest BCUT2D eigenvalue weighted by Crippen LogP contribution is -2.47. The number of fused-ring (bicyclic) bond motifs is 1. The highest BCUT2D eigenvalue weighted by Gasteiger charge is 2.56. The minimum Gasteiger partial charge on any atom is -0.0651 e. The maximum atomic E-state index is 2.74. The fraction of sp³-hybridized carbons (Fsp3) is 1.00. The van der Waals surface area contributed by atoms with E-state index in [0.29, 0.717) is 10.8 Å². The average molecular weight is 389 g/mol. The molecule has 0 N–H and O–H groups in total. The van der Waals surface area contributed by atoms with E-state index in [2.05, 4.69) is 41.5 Å². The highest BCUT2D eigenvalue weighted by molar-refractivity contribution is 5.06. The maximum absolute atomic E-state index is 2.74. The van der Waals surface area contributed by atoms with Gasteiger partial charge < -0.3 is 0 Å². The first-order valence-electron chi connectivity index (χ1n) is 13.4. The third-order valence-corrected chi connectivity index (χ3v) is 10.6. The Hall–Kier alpha value is 0. The Morgan fingerprint density at radius 2 is 1.54 bits per heavy atom. The summed E-state index contributed by atoms with van der Waals surface area (Å²) in [7, 11) is 0. The van der Waals surface area contributed by atoms with Crippen LogP contribution in [0.3, 0.4) is 0 Å². The minimum absolute atomic E-state index is 0.651. The summed E-state index contributed by atoms with van der Waals surface area (Å²) in [5, 5.41) is 0. The van der Waals surface area contributed by atoms with E-state index in [9.17, 15) is 0 Å². The molecule has 3 aliphatic carbocycles. The molecule has 0 heteroatoms. The highest BCUT2D eigenvalue weighted by Crippen LogP contribution is 2.65. The van der Waals surface area contributed by atoms with Gasteiger partial charge in [0.1, 0.15) is 0 Å². The minimum atomic E-state index is 0.651. The highest BCUT2D eigenvalue weighted by atomic mass is 14.6. The molecule has 6 unspecified atom stereocenters. The molecule has 0 aromatic rings. The zero-order valence-electron chi connectivity index (χ0n) is 20.4. The second kappa shape index (κ2) is 9.43. The van der Waals surface area contributed by atoms with Crippen molar-refractivity contribution in [2.75, 3.05) is 0 Å². The van der Waals surface area contributed by atoms with Crippen molar-refractivity contribution < 1.29 is 0 Å². The Morgan fingerprint density at radius 3 is 2.18 bits per heavy atom. The molecule has 3 rings (SSSR count). The Labute approximate surface area is 178 Å². The Balaban J connectivity index is 1.66. The summed E-state index contributed by atoms with van der Waals surface area (Å²) in [5.41, 5.74) is 1.32. The molecule has 3 fully saturated rings. The molecular weight excluding hydrogens is 336 g/mol. The molecular formula is C28H52. The van der Waals surface area contributed by atoms with Gasteiger partial charge in [-0.3, -0.25) is 0 Å². The zero-order valence-corrected chi connectivity index (χ0v) is 20.4. The van der Waals surface area contributed by atoms with Crippen LogP contribution in [0.4, 0.5) is 0 Å². The first kappa shape index (κ1) is 22.7. The summed E-state index contributed by atoms with van der Waals surface area (Å²) in [6.07, 6.45) is 20.9. The van der Waals surface area contributed by atoms with E-state index in [1.807, 2.05) is 0 Å².